The number of carbonyl (C=O) groups is 4. The summed E-state index contributed by atoms with van der Waals surface area (Å²) >= 11 is 0. The fraction of sp³-hybridized carbons (Fsp3) is 0.400. The normalized spacial score (nSPS) is 20.0. The van der Waals surface area contributed by atoms with Crippen LogP contribution in [0.5, 0.6) is 0 Å². The molecule has 0 fully saturated rings. The molecule has 0 radical (unpaired) electrons. The maximum absolute atomic E-state index is 11.2. The number of aliphatic carboxylic acids is 4. The van der Waals surface area contributed by atoms with Crippen LogP contribution in [0.4, 0.5) is 0 Å². The summed E-state index contributed by atoms with van der Waals surface area (Å²) < 4.78 is 0. The molecule has 0 heterocycles. The minimum atomic E-state index is -2.92. The highest BCUT2D eigenvalue weighted by Crippen LogP contribution is 2.49. The summed E-state index contributed by atoms with van der Waals surface area (Å²) in [5.41, 5.74) is -5.83. The Balaban J connectivity index is 3.68. The number of carboxylic acid groups (broad SMARTS) is 4. The van der Waals surface area contributed by atoms with Crippen molar-refractivity contribution in [3.8, 4) is 0 Å². The lowest BCUT2D eigenvalue weighted by atomic mass is 9.57. The molecular weight excluding hydrogens is 248 g/mol. The maximum Gasteiger partial charge on any atom is 0.323 e. The molecular formula is C10H10O8. The van der Waals surface area contributed by atoms with Crippen LogP contribution in [0.25, 0.3) is 0 Å². The molecule has 8 heteroatoms. The SMILES string of the molecule is O=C(O)C1(C(=O)O)CC=CCC1(C(=O)O)C(=O)O. The summed E-state index contributed by atoms with van der Waals surface area (Å²) in [6, 6.07) is 0. The zero-order valence-electron chi connectivity index (χ0n) is 8.99. The molecule has 1 aliphatic rings. The van der Waals surface area contributed by atoms with Crippen LogP contribution in [-0.4, -0.2) is 44.3 Å². The zero-order chi connectivity index (χ0) is 14.1. The molecule has 4 N–H and O–H groups in total. The molecule has 0 bridgehead atoms. The Labute approximate surface area is 100 Å². The van der Waals surface area contributed by atoms with Gasteiger partial charge in [0.05, 0.1) is 0 Å². The third-order valence-corrected chi connectivity index (χ3v) is 3.20. The van der Waals surface area contributed by atoms with Crippen LogP contribution in [0.3, 0.4) is 0 Å². The molecule has 0 aromatic rings. The Hall–Kier alpha value is -2.38. The van der Waals surface area contributed by atoms with Gasteiger partial charge in [-0.15, -0.1) is 0 Å². The molecule has 0 spiro atoms. The lowest BCUT2D eigenvalue weighted by Gasteiger charge is -2.39. The number of hydrogen-bond acceptors (Lipinski definition) is 4. The first-order chi connectivity index (χ1) is 8.23. The summed E-state index contributed by atoms with van der Waals surface area (Å²) in [5.74, 6) is -7.93. The molecule has 8 nitrogen and oxygen atoms in total. The van der Waals surface area contributed by atoms with Gasteiger partial charge in [-0.1, -0.05) is 12.2 Å². The van der Waals surface area contributed by atoms with Gasteiger partial charge in [0.2, 0.25) is 0 Å². The number of hydrogen-bond donors (Lipinski definition) is 4. The van der Waals surface area contributed by atoms with Crippen molar-refractivity contribution in [2.45, 2.75) is 12.8 Å². The van der Waals surface area contributed by atoms with Crippen LogP contribution < -0.4 is 0 Å². The maximum atomic E-state index is 11.2. The Bertz CT molecular complexity index is 390. The molecule has 0 saturated heterocycles. The lowest BCUT2D eigenvalue weighted by molar-refractivity contribution is -0.195. The van der Waals surface area contributed by atoms with E-state index in [-0.39, 0.29) is 0 Å². The Kier molecular flexibility index (Phi) is 3.14. The van der Waals surface area contributed by atoms with Crippen LogP contribution in [0.1, 0.15) is 12.8 Å². The third-order valence-electron chi connectivity index (χ3n) is 3.20. The van der Waals surface area contributed by atoms with Gasteiger partial charge in [-0.3, -0.25) is 19.2 Å². The molecule has 0 atom stereocenters. The summed E-state index contributed by atoms with van der Waals surface area (Å²) in [5, 5.41) is 36.2. The molecule has 0 aromatic carbocycles. The van der Waals surface area contributed by atoms with E-state index in [0.29, 0.717) is 0 Å². The first-order valence-electron chi connectivity index (χ1n) is 4.82. The van der Waals surface area contributed by atoms with E-state index >= 15 is 0 Å². The highest BCUT2D eigenvalue weighted by Gasteiger charge is 2.71. The van der Waals surface area contributed by atoms with E-state index in [1.807, 2.05) is 0 Å². The van der Waals surface area contributed by atoms with E-state index in [2.05, 4.69) is 0 Å². The molecule has 98 valence electrons. The van der Waals surface area contributed by atoms with Crippen LogP contribution in [-0.2, 0) is 19.2 Å². The van der Waals surface area contributed by atoms with Crippen molar-refractivity contribution in [1.82, 2.24) is 0 Å². The smallest absolute Gasteiger partial charge is 0.323 e. The largest absolute Gasteiger partial charge is 0.480 e. The van der Waals surface area contributed by atoms with E-state index in [4.69, 9.17) is 20.4 Å². The van der Waals surface area contributed by atoms with Crippen LogP contribution in [0, 0.1) is 10.8 Å². The van der Waals surface area contributed by atoms with Gasteiger partial charge in [0.25, 0.3) is 0 Å². The van der Waals surface area contributed by atoms with Crippen molar-refractivity contribution in [3.05, 3.63) is 12.2 Å². The summed E-state index contributed by atoms with van der Waals surface area (Å²) in [7, 11) is 0. The quantitative estimate of drug-likeness (QED) is 0.394. The van der Waals surface area contributed by atoms with Crippen molar-refractivity contribution < 1.29 is 39.6 Å². The summed E-state index contributed by atoms with van der Waals surface area (Å²) in [4.78, 5) is 44.8. The van der Waals surface area contributed by atoms with Gasteiger partial charge in [0.15, 0.2) is 10.8 Å². The fourth-order valence-corrected chi connectivity index (χ4v) is 2.13. The Morgan fingerprint density at radius 2 is 0.889 bits per heavy atom. The van der Waals surface area contributed by atoms with Gasteiger partial charge in [-0.2, -0.15) is 0 Å². The topological polar surface area (TPSA) is 149 Å². The van der Waals surface area contributed by atoms with E-state index < -0.39 is 47.5 Å². The average molecular weight is 258 g/mol. The second kappa shape index (κ2) is 4.13. The highest BCUT2D eigenvalue weighted by molar-refractivity contribution is 6.13. The van der Waals surface area contributed by atoms with Gasteiger partial charge in [-0.25, -0.2) is 0 Å². The van der Waals surface area contributed by atoms with Crippen molar-refractivity contribution in [2.75, 3.05) is 0 Å². The molecule has 1 rings (SSSR count). The van der Waals surface area contributed by atoms with Gasteiger partial charge in [-0.05, 0) is 12.8 Å². The minimum absolute atomic E-state index is 0.698. The molecule has 0 aromatic heterocycles. The first-order valence-corrected chi connectivity index (χ1v) is 4.82. The summed E-state index contributed by atoms with van der Waals surface area (Å²) in [6.07, 6.45) is 0.922. The first kappa shape index (κ1) is 13.7. The van der Waals surface area contributed by atoms with Crippen molar-refractivity contribution in [1.29, 1.82) is 0 Å². The number of rotatable bonds is 4. The minimum Gasteiger partial charge on any atom is -0.480 e. The predicted octanol–water partition coefficient (Wildman–Crippen LogP) is -0.352. The zero-order valence-corrected chi connectivity index (χ0v) is 8.99. The van der Waals surface area contributed by atoms with Crippen molar-refractivity contribution in [3.63, 3.8) is 0 Å². The molecule has 0 saturated carbocycles. The molecule has 0 unspecified atom stereocenters. The third kappa shape index (κ3) is 1.38. The Morgan fingerprint density at radius 1 is 0.667 bits per heavy atom. The number of allylic oxidation sites excluding steroid dienone is 2. The van der Waals surface area contributed by atoms with E-state index in [9.17, 15) is 19.2 Å². The molecule has 18 heavy (non-hydrogen) atoms. The Morgan fingerprint density at radius 3 is 1.06 bits per heavy atom. The van der Waals surface area contributed by atoms with Crippen LogP contribution >= 0.6 is 0 Å². The van der Waals surface area contributed by atoms with Gasteiger partial charge < -0.3 is 20.4 Å². The van der Waals surface area contributed by atoms with Crippen LogP contribution in [0.2, 0.25) is 0 Å². The van der Waals surface area contributed by atoms with Crippen molar-refractivity contribution >= 4 is 23.9 Å². The average Bonchev–Trinajstić information content (AvgIpc) is 2.27. The van der Waals surface area contributed by atoms with Gasteiger partial charge in [0.1, 0.15) is 0 Å². The number of carboxylic acids is 4. The van der Waals surface area contributed by atoms with Gasteiger partial charge >= 0.3 is 23.9 Å². The molecule has 0 aliphatic heterocycles. The standard InChI is InChI=1S/C10H10O8/c11-5(12)9(6(13)14)3-1-2-4-10(9,7(15)16)8(17)18/h1-2H,3-4H2,(H,11,12)(H,13,14)(H,15,16)(H,17,18). The fourth-order valence-electron chi connectivity index (χ4n) is 2.13. The second-order valence-corrected chi connectivity index (χ2v) is 3.91. The van der Waals surface area contributed by atoms with Crippen LogP contribution in [0.15, 0.2) is 12.2 Å². The van der Waals surface area contributed by atoms with E-state index in [1.54, 1.807) is 0 Å². The van der Waals surface area contributed by atoms with E-state index in [0.717, 1.165) is 12.2 Å². The predicted molar refractivity (Wildman–Crippen MR) is 53.8 cm³/mol. The molecule has 1 aliphatic carbocycles. The lowest BCUT2D eigenvalue weighted by Crippen LogP contribution is -2.61. The highest BCUT2D eigenvalue weighted by atomic mass is 16.4. The van der Waals surface area contributed by atoms with Crippen molar-refractivity contribution in [2.24, 2.45) is 10.8 Å². The second-order valence-electron chi connectivity index (χ2n) is 3.91. The van der Waals surface area contributed by atoms with Gasteiger partial charge in [0, 0.05) is 0 Å². The molecule has 0 amide bonds. The van der Waals surface area contributed by atoms with E-state index in [1.165, 1.54) is 0 Å². The monoisotopic (exact) mass is 258 g/mol. The summed E-state index contributed by atoms with van der Waals surface area (Å²) in [6.45, 7) is 0.